The molecule has 1 unspecified atom stereocenters. The monoisotopic (exact) mass is 288 g/mol. The Morgan fingerprint density at radius 2 is 1.71 bits per heavy atom. The number of likely N-dealkylation sites (tertiary alicyclic amines) is 1. The average Bonchev–Trinajstić information content (AvgIpc) is 2.54. The number of benzene rings is 1. The van der Waals surface area contributed by atoms with Crippen LogP contribution in [0.2, 0.25) is 0 Å². The van der Waals surface area contributed by atoms with E-state index in [1.165, 1.54) is 50.0 Å². The third kappa shape index (κ3) is 5.12. The number of aryl methyl sites for hydroxylation is 1. The van der Waals surface area contributed by atoms with Crippen molar-refractivity contribution in [3.63, 3.8) is 0 Å². The molecule has 1 heterocycles. The lowest BCUT2D eigenvalue weighted by molar-refractivity contribution is 0.162. The van der Waals surface area contributed by atoms with E-state index in [0.29, 0.717) is 6.04 Å². The average molecular weight is 288 g/mol. The fraction of sp³-hybridized carbons (Fsp3) is 0.684. The summed E-state index contributed by atoms with van der Waals surface area (Å²) < 4.78 is 0. The molecule has 2 rings (SSSR count). The standard InChI is InChI=1S/C19H32N2/c1-4-12-21-13-10-19(11-14-21)16(3)20-15-18-8-6-17(5-2)7-9-18/h6-9,16,19-20H,4-5,10-15H2,1-3H3. The molecule has 1 atom stereocenters. The Bertz CT molecular complexity index is 391. The van der Waals surface area contributed by atoms with Crippen molar-refractivity contribution >= 4 is 0 Å². The van der Waals surface area contributed by atoms with E-state index in [1.54, 1.807) is 0 Å². The topological polar surface area (TPSA) is 15.3 Å². The summed E-state index contributed by atoms with van der Waals surface area (Å²) in [5.74, 6) is 0.841. The number of piperidine rings is 1. The maximum absolute atomic E-state index is 3.73. The first kappa shape index (κ1) is 16.5. The van der Waals surface area contributed by atoms with Gasteiger partial charge in [-0.25, -0.2) is 0 Å². The summed E-state index contributed by atoms with van der Waals surface area (Å²) in [5, 5.41) is 3.73. The summed E-state index contributed by atoms with van der Waals surface area (Å²) in [6.45, 7) is 11.7. The van der Waals surface area contributed by atoms with Crippen molar-refractivity contribution in [3.05, 3.63) is 35.4 Å². The second-order valence-corrected chi connectivity index (χ2v) is 6.52. The van der Waals surface area contributed by atoms with Crippen molar-refractivity contribution in [2.45, 2.75) is 59.0 Å². The van der Waals surface area contributed by atoms with E-state index in [0.717, 1.165) is 18.9 Å². The zero-order valence-electron chi connectivity index (χ0n) is 14.1. The molecule has 0 bridgehead atoms. The lowest BCUT2D eigenvalue weighted by Crippen LogP contribution is -2.41. The molecule has 1 N–H and O–H groups in total. The smallest absolute Gasteiger partial charge is 0.0208 e. The minimum Gasteiger partial charge on any atom is -0.310 e. The van der Waals surface area contributed by atoms with Crippen molar-refractivity contribution < 1.29 is 0 Å². The number of hydrogen-bond donors (Lipinski definition) is 1. The molecule has 1 aromatic carbocycles. The van der Waals surface area contributed by atoms with Gasteiger partial charge in [0.15, 0.2) is 0 Å². The van der Waals surface area contributed by atoms with E-state index >= 15 is 0 Å². The second kappa shape index (κ2) is 8.55. The molecule has 0 spiro atoms. The third-order valence-electron chi connectivity index (χ3n) is 4.94. The van der Waals surface area contributed by atoms with Gasteiger partial charge in [0.1, 0.15) is 0 Å². The molecule has 21 heavy (non-hydrogen) atoms. The van der Waals surface area contributed by atoms with Crippen LogP contribution in [0.4, 0.5) is 0 Å². The van der Waals surface area contributed by atoms with Gasteiger partial charge in [-0.1, -0.05) is 38.1 Å². The van der Waals surface area contributed by atoms with Crippen LogP contribution in [0.25, 0.3) is 0 Å². The van der Waals surface area contributed by atoms with Crippen LogP contribution in [0.1, 0.15) is 51.2 Å². The van der Waals surface area contributed by atoms with E-state index in [9.17, 15) is 0 Å². The number of rotatable bonds is 7. The fourth-order valence-electron chi connectivity index (χ4n) is 3.33. The summed E-state index contributed by atoms with van der Waals surface area (Å²) in [6, 6.07) is 9.67. The van der Waals surface area contributed by atoms with Gasteiger partial charge in [0.25, 0.3) is 0 Å². The fourth-order valence-corrected chi connectivity index (χ4v) is 3.33. The minimum absolute atomic E-state index is 0.625. The summed E-state index contributed by atoms with van der Waals surface area (Å²) in [7, 11) is 0. The normalized spacial score (nSPS) is 18.8. The van der Waals surface area contributed by atoms with Gasteiger partial charge in [-0.05, 0) is 69.3 Å². The molecule has 0 aromatic heterocycles. The van der Waals surface area contributed by atoms with E-state index in [1.807, 2.05) is 0 Å². The lowest BCUT2D eigenvalue weighted by Gasteiger charge is -2.35. The molecular formula is C19H32N2. The molecule has 0 aliphatic carbocycles. The predicted octanol–water partition coefficient (Wildman–Crippen LogP) is 3.85. The molecule has 0 radical (unpaired) electrons. The summed E-state index contributed by atoms with van der Waals surface area (Å²) in [4.78, 5) is 2.62. The molecular weight excluding hydrogens is 256 g/mol. The highest BCUT2D eigenvalue weighted by Gasteiger charge is 2.22. The van der Waals surface area contributed by atoms with Crippen molar-refractivity contribution in [1.82, 2.24) is 10.2 Å². The van der Waals surface area contributed by atoms with Crippen LogP contribution in [0, 0.1) is 5.92 Å². The summed E-state index contributed by atoms with van der Waals surface area (Å²) in [6.07, 6.45) is 5.11. The first-order valence-corrected chi connectivity index (χ1v) is 8.76. The Hall–Kier alpha value is -0.860. The zero-order chi connectivity index (χ0) is 15.1. The van der Waals surface area contributed by atoms with E-state index < -0.39 is 0 Å². The van der Waals surface area contributed by atoms with Crippen molar-refractivity contribution in [3.8, 4) is 0 Å². The maximum atomic E-state index is 3.73. The van der Waals surface area contributed by atoms with E-state index in [-0.39, 0.29) is 0 Å². The van der Waals surface area contributed by atoms with E-state index in [4.69, 9.17) is 0 Å². The Morgan fingerprint density at radius 3 is 2.29 bits per heavy atom. The number of nitrogens with zero attached hydrogens (tertiary/aromatic N) is 1. The van der Waals surface area contributed by atoms with Crippen LogP contribution in [-0.4, -0.2) is 30.6 Å². The number of nitrogens with one attached hydrogen (secondary N) is 1. The molecule has 1 saturated heterocycles. The Labute approximate surface area is 130 Å². The molecule has 1 aliphatic rings. The van der Waals surface area contributed by atoms with Gasteiger partial charge >= 0.3 is 0 Å². The molecule has 1 fully saturated rings. The van der Waals surface area contributed by atoms with Crippen LogP contribution in [0.3, 0.4) is 0 Å². The van der Waals surface area contributed by atoms with E-state index in [2.05, 4.69) is 55.3 Å². The van der Waals surface area contributed by atoms with Gasteiger partial charge in [0.2, 0.25) is 0 Å². The van der Waals surface area contributed by atoms with Crippen molar-refractivity contribution in [2.24, 2.45) is 5.92 Å². The Balaban J connectivity index is 1.73. The molecule has 2 heteroatoms. The van der Waals surface area contributed by atoms with Crippen molar-refractivity contribution in [1.29, 1.82) is 0 Å². The molecule has 0 amide bonds. The van der Waals surface area contributed by atoms with Crippen LogP contribution in [-0.2, 0) is 13.0 Å². The highest BCUT2D eigenvalue weighted by Crippen LogP contribution is 2.21. The van der Waals surface area contributed by atoms with Gasteiger partial charge in [0.05, 0.1) is 0 Å². The molecule has 1 aromatic rings. The van der Waals surface area contributed by atoms with Crippen LogP contribution >= 0.6 is 0 Å². The Morgan fingerprint density at radius 1 is 1.10 bits per heavy atom. The second-order valence-electron chi connectivity index (χ2n) is 6.52. The molecule has 118 valence electrons. The predicted molar refractivity (Wildman–Crippen MR) is 91.6 cm³/mol. The van der Waals surface area contributed by atoms with Crippen molar-refractivity contribution in [2.75, 3.05) is 19.6 Å². The minimum atomic E-state index is 0.625. The SMILES string of the molecule is CCCN1CCC(C(C)NCc2ccc(CC)cc2)CC1. The van der Waals surface area contributed by atoms with Gasteiger partial charge in [0, 0.05) is 12.6 Å². The van der Waals surface area contributed by atoms with Gasteiger partial charge < -0.3 is 10.2 Å². The Kier molecular flexibility index (Phi) is 6.72. The zero-order valence-corrected chi connectivity index (χ0v) is 14.1. The highest BCUT2D eigenvalue weighted by atomic mass is 15.1. The maximum Gasteiger partial charge on any atom is 0.0208 e. The highest BCUT2D eigenvalue weighted by molar-refractivity contribution is 5.22. The van der Waals surface area contributed by atoms with Gasteiger partial charge in [-0.2, -0.15) is 0 Å². The van der Waals surface area contributed by atoms with Gasteiger partial charge in [-0.15, -0.1) is 0 Å². The summed E-state index contributed by atoms with van der Waals surface area (Å²) in [5.41, 5.74) is 2.83. The molecule has 0 saturated carbocycles. The van der Waals surface area contributed by atoms with Crippen LogP contribution in [0.5, 0.6) is 0 Å². The largest absolute Gasteiger partial charge is 0.310 e. The quantitative estimate of drug-likeness (QED) is 0.820. The summed E-state index contributed by atoms with van der Waals surface area (Å²) >= 11 is 0. The molecule has 2 nitrogen and oxygen atoms in total. The van der Waals surface area contributed by atoms with Crippen LogP contribution in [0.15, 0.2) is 24.3 Å². The first-order valence-electron chi connectivity index (χ1n) is 8.76. The lowest BCUT2D eigenvalue weighted by atomic mass is 9.90. The number of hydrogen-bond acceptors (Lipinski definition) is 2. The third-order valence-corrected chi connectivity index (χ3v) is 4.94. The molecule has 1 aliphatic heterocycles. The first-order chi connectivity index (χ1) is 10.2. The van der Waals surface area contributed by atoms with Gasteiger partial charge in [-0.3, -0.25) is 0 Å². The van der Waals surface area contributed by atoms with Crippen LogP contribution < -0.4 is 5.32 Å².